The van der Waals surface area contributed by atoms with E-state index in [2.05, 4.69) is 26.8 Å². The molecule has 1 heteroatoms. The van der Waals surface area contributed by atoms with Gasteiger partial charge in [-0.1, -0.05) is 56.4 Å². The molecule has 28 heavy (non-hydrogen) atoms. The topological polar surface area (TPSA) is 20.2 Å². The Labute approximate surface area is 174 Å². The van der Waals surface area contributed by atoms with Crippen LogP contribution in [0.1, 0.15) is 105 Å². The molecule has 0 heterocycles. The number of aliphatic hydroxyl groups excluding tert-OH is 1. The minimum Gasteiger partial charge on any atom is -0.392 e. The molecule has 6 atom stereocenters. The summed E-state index contributed by atoms with van der Waals surface area (Å²) in [6, 6.07) is 0. The number of aliphatic hydroxyl groups is 1. The van der Waals surface area contributed by atoms with Crippen LogP contribution in [0.15, 0.2) is 22.8 Å². The van der Waals surface area contributed by atoms with E-state index in [1.54, 1.807) is 0 Å². The predicted molar refractivity (Wildman–Crippen MR) is 119 cm³/mol. The number of hydrogen-bond acceptors (Lipinski definition) is 1. The van der Waals surface area contributed by atoms with Gasteiger partial charge in [-0.25, -0.2) is 0 Å². The number of fused-ring (bicyclic) bond motifs is 4. The van der Waals surface area contributed by atoms with Crippen LogP contribution in [0.3, 0.4) is 0 Å². The van der Waals surface area contributed by atoms with Crippen molar-refractivity contribution in [1.82, 2.24) is 0 Å². The van der Waals surface area contributed by atoms with Crippen molar-refractivity contribution in [1.29, 1.82) is 0 Å². The van der Waals surface area contributed by atoms with Crippen molar-refractivity contribution >= 4 is 0 Å². The van der Waals surface area contributed by atoms with Crippen molar-refractivity contribution in [2.45, 2.75) is 105 Å². The first-order valence-electron chi connectivity index (χ1n) is 12.4. The molecule has 4 rings (SSSR count). The molecular formula is C27H44O. The number of rotatable bonds is 5. The minimum atomic E-state index is 0.215. The zero-order chi connectivity index (χ0) is 19.9. The lowest BCUT2D eigenvalue weighted by molar-refractivity contribution is 0.00943. The monoisotopic (exact) mass is 384 g/mol. The van der Waals surface area contributed by atoms with Crippen molar-refractivity contribution in [2.75, 3.05) is 6.61 Å². The molecule has 1 unspecified atom stereocenters. The summed E-state index contributed by atoms with van der Waals surface area (Å²) in [4.78, 5) is 0. The fourth-order valence-corrected chi connectivity index (χ4v) is 8.34. The lowest BCUT2D eigenvalue weighted by Crippen LogP contribution is -2.46. The second-order valence-corrected chi connectivity index (χ2v) is 11.4. The molecule has 0 aromatic carbocycles. The van der Waals surface area contributed by atoms with Crippen LogP contribution < -0.4 is 0 Å². The molecule has 0 aliphatic heterocycles. The van der Waals surface area contributed by atoms with E-state index in [0.29, 0.717) is 10.8 Å². The Morgan fingerprint density at radius 1 is 1.11 bits per heavy atom. The molecule has 0 bridgehead atoms. The van der Waals surface area contributed by atoms with Crippen LogP contribution >= 0.6 is 0 Å². The van der Waals surface area contributed by atoms with Gasteiger partial charge in [0.2, 0.25) is 0 Å². The molecule has 3 fully saturated rings. The van der Waals surface area contributed by atoms with Gasteiger partial charge >= 0.3 is 0 Å². The van der Waals surface area contributed by atoms with Crippen LogP contribution in [-0.2, 0) is 0 Å². The van der Waals surface area contributed by atoms with Crippen molar-refractivity contribution in [2.24, 2.45) is 34.5 Å². The van der Waals surface area contributed by atoms with Crippen molar-refractivity contribution in [3.8, 4) is 0 Å². The van der Waals surface area contributed by atoms with Crippen LogP contribution in [-0.4, -0.2) is 11.7 Å². The summed E-state index contributed by atoms with van der Waals surface area (Å²) in [6.45, 7) is 10.1. The second kappa shape index (κ2) is 7.93. The number of hydrogen-bond donors (Lipinski definition) is 1. The first kappa shape index (κ1) is 20.7. The van der Waals surface area contributed by atoms with Gasteiger partial charge in [-0.3, -0.25) is 0 Å². The van der Waals surface area contributed by atoms with E-state index in [4.69, 9.17) is 0 Å². The van der Waals surface area contributed by atoms with E-state index in [0.717, 1.165) is 35.7 Å². The molecule has 0 radical (unpaired) electrons. The molecule has 0 saturated heterocycles. The third-order valence-electron chi connectivity index (χ3n) is 10.0. The third-order valence-corrected chi connectivity index (χ3v) is 10.0. The Morgan fingerprint density at radius 2 is 1.93 bits per heavy atom. The molecule has 4 aliphatic rings. The highest BCUT2D eigenvalue weighted by Crippen LogP contribution is 2.65. The fourth-order valence-electron chi connectivity index (χ4n) is 8.34. The van der Waals surface area contributed by atoms with Crippen LogP contribution in [0.5, 0.6) is 0 Å². The molecule has 0 aromatic rings. The molecule has 1 N–H and O–H groups in total. The lowest BCUT2D eigenvalue weighted by atomic mass is 9.49. The van der Waals surface area contributed by atoms with E-state index in [9.17, 15) is 5.11 Å². The average Bonchev–Trinajstić information content (AvgIpc) is 3.04. The van der Waals surface area contributed by atoms with Gasteiger partial charge < -0.3 is 5.11 Å². The third kappa shape index (κ3) is 3.34. The van der Waals surface area contributed by atoms with Crippen molar-refractivity contribution < 1.29 is 5.11 Å². The zero-order valence-electron chi connectivity index (χ0n) is 19.0. The summed E-state index contributed by atoms with van der Waals surface area (Å²) in [5.74, 6) is 3.59. The first-order chi connectivity index (χ1) is 13.4. The summed E-state index contributed by atoms with van der Waals surface area (Å²) in [5, 5.41) is 9.25. The standard InChI is InChI=1S/C27H44O/c1-19(18-28)8-7-9-20(2)23-13-14-24-22-12-11-21-10-5-6-16-26(21,3)25(22)15-17-27(23,24)4/h8,20-21,23,25,28H,5-7,9-18H2,1-4H3/t20-,21?,23-,25+,26+,27-/m1/s1. The maximum absolute atomic E-state index is 9.25. The van der Waals surface area contributed by atoms with Gasteiger partial charge in [0.15, 0.2) is 0 Å². The molecule has 4 aliphatic carbocycles. The van der Waals surface area contributed by atoms with Gasteiger partial charge in [0.05, 0.1) is 6.61 Å². The summed E-state index contributed by atoms with van der Waals surface area (Å²) in [5.41, 5.74) is 6.13. The highest BCUT2D eigenvalue weighted by Gasteiger charge is 2.54. The van der Waals surface area contributed by atoms with E-state index in [1.165, 1.54) is 70.6 Å². The first-order valence-corrected chi connectivity index (χ1v) is 12.4. The average molecular weight is 385 g/mol. The Morgan fingerprint density at radius 3 is 2.71 bits per heavy atom. The Balaban J connectivity index is 1.53. The van der Waals surface area contributed by atoms with E-state index >= 15 is 0 Å². The smallest absolute Gasteiger partial charge is 0.0639 e. The Hall–Kier alpha value is -0.560. The van der Waals surface area contributed by atoms with E-state index in [1.807, 2.05) is 18.1 Å². The lowest BCUT2D eigenvalue weighted by Gasteiger charge is -2.56. The SMILES string of the molecule is CC(=CCC[C@@H](C)[C@H]1CCC2=C3CCC4CCCC[C@]4(C)[C@H]3CC[C@@]21C)CO. The van der Waals surface area contributed by atoms with E-state index in [-0.39, 0.29) is 6.61 Å². The van der Waals surface area contributed by atoms with Crippen molar-refractivity contribution in [3.63, 3.8) is 0 Å². The van der Waals surface area contributed by atoms with Gasteiger partial charge in [0, 0.05) is 0 Å². The zero-order valence-corrected chi connectivity index (χ0v) is 19.0. The van der Waals surface area contributed by atoms with Gasteiger partial charge in [-0.05, 0) is 106 Å². The molecule has 158 valence electrons. The molecule has 0 spiro atoms. The molecule has 0 aromatic heterocycles. The largest absolute Gasteiger partial charge is 0.392 e. The van der Waals surface area contributed by atoms with E-state index < -0.39 is 0 Å². The van der Waals surface area contributed by atoms with Crippen LogP contribution in [0.25, 0.3) is 0 Å². The summed E-state index contributed by atoms with van der Waals surface area (Å²) < 4.78 is 0. The normalized spacial score (nSPS) is 42.0. The second-order valence-electron chi connectivity index (χ2n) is 11.4. The number of allylic oxidation sites excluding steroid dienone is 3. The van der Waals surface area contributed by atoms with Gasteiger partial charge in [0.1, 0.15) is 0 Å². The maximum Gasteiger partial charge on any atom is 0.0639 e. The molecular weight excluding hydrogens is 340 g/mol. The van der Waals surface area contributed by atoms with Gasteiger partial charge in [-0.15, -0.1) is 0 Å². The van der Waals surface area contributed by atoms with Gasteiger partial charge in [-0.2, -0.15) is 0 Å². The van der Waals surface area contributed by atoms with Crippen LogP contribution in [0.4, 0.5) is 0 Å². The maximum atomic E-state index is 9.25. The molecule has 0 amide bonds. The highest BCUT2D eigenvalue weighted by atomic mass is 16.3. The van der Waals surface area contributed by atoms with Gasteiger partial charge in [0.25, 0.3) is 0 Å². The fraction of sp³-hybridized carbons (Fsp3) is 0.852. The Kier molecular flexibility index (Phi) is 5.87. The Bertz CT molecular complexity index is 643. The molecule has 3 saturated carbocycles. The minimum absolute atomic E-state index is 0.215. The summed E-state index contributed by atoms with van der Waals surface area (Å²) >= 11 is 0. The predicted octanol–water partition coefficient (Wildman–Crippen LogP) is 7.45. The molecule has 1 nitrogen and oxygen atoms in total. The summed E-state index contributed by atoms with van der Waals surface area (Å²) in [6.07, 6.45) is 19.3. The van der Waals surface area contributed by atoms with Crippen LogP contribution in [0.2, 0.25) is 0 Å². The highest BCUT2D eigenvalue weighted by molar-refractivity contribution is 5.34. The van der Waals surface area contributed by atoms with Crippen LogP contribution in [0, 0.1) is 34.5 Å². The summed E-state index contributed by atoms with van der Waals surface area (Å²) in [7, 11) is 0. The van der Waals surface area contributed by atoms with Crippen molar-refractivity contribution in [3.05, 3.63) is 22.8 Å². The quantitative estimate of drug-likeness (QED) is 0.488.